The molecule has 110 valence electrons. The molecule has 2 rings (SSSR count). The van der Waals surface area contributed by atoms with Crippen molar-refractivity contribution >= 4 is 11.9 Å². The lowest BCUT2D eigenvalue weighted by molar-refractivity contribution is -0.126. The molecule has 1 aromatic heterocycles. The molecule has 1 aromatic rings. The Bertz CT molecular complexity index is 464. The first-order valence-corrected chi connectivity index (χ1v) is 6.56. The van der Waals surface area contributed by atoms with Crippen LogP contribution in [0.25, 0.3) is 0 Å². The van der Waals surface area contributed by atoms with Crippen molar-refractivity contribution in [3.05, 3.63) is 6.07 Å². The molecule has 20 heavy (non-hydrogen) atoms. The van der Waals surface area contributed by atoms with Gasteiger partial charge in [-0.05, 0) is 25.9 Å². The van der Waals surface area contributed by atoms with Crippen LogP contribution < -0.4 is 20.1 Å². The summed E-state index contributed by atoms with van der Waals surface area (Å²) >= 11 is 0. The average Bonchev–Trinajstić information content (AvgIpc) is 2.47. The van der Waals surface area contributed by atoms with Gasteiger partial charge in [0.15, 0.2) is 0 Å². The fourth-order valence-electron chi connectivity index (χ4n) is 2.13. The van der Waals surface area contributed by atoms with Crippen molar-refractivity contribution in [2.45, 2.75) is 19.8 Å². The first-order valence-electron chi connectivity index (χ1n) is 6.56. The Hall–Kier alpha value is -1.89. The van der Waals surface area contributed by atoms with Crippen LogP contribution in [0.4, 0.5) is 5.95 Å². The molecule has 7 nitrogen and oxygen atoms in total. The number of amides is 1. The van der Waals surface area contributed by atoms with Gasteiger partial charge in [-0.2, -0.15) is 9.97 Å². The normalized spacial score (nSPS) is 17.4. The second-order valence-electron chi connectivity index (χ2n) is 5.04. The molecule has 0 bridgehead atoms. The van der Waals surface area contributed by atoms with Crippen molar-refractivity contribution in [3.8, 4) is 11.8 Å². The van der Waals surface area contributed by atoms with Crippen LogP contribution in [0.3, 0.4) is 0 Å². The molecule has 1 aliphatic heterocycles. The Morgan fingerprint density at radius 2 is 1.80 bits per heavy atom. The molecule has 0 radical (unpaired) electrons. The zero-order valence-corrected chi connectivity index (χ0v) is 12.0. The van der Waals surface area contributed by atoms with Gasteiger partial charge in [0, 0.05) is 5.41 Å². The summed E-state index contributed by atoms with van der Waals surface area (Å²) in [7, 11) is 3.00. The fraction of sp³-hybridized carbons (Fsp3) is 0.615. The number of hydrogen-bond acceptors (Lipinski definition) is 6. The quantitative estimate of drug-likeness (QED) is 0.849. The smallest absolute Gasteiger partial charge is 0.236 e. The van der Waals surface area contributed by atoms with Crippen molar-refractivity contribution < 1.29 is 14.3 Å². The van der Waals surface area contributed by atoms with Crippen LogP contribution in [0, 0.1) is 5.41 Å². The molecule has 1 amide bonds. The highest BCUT2D eigenvalue weighted by Crippen LogP contribution is 2.29. The van der Waals surface area contributed by atoms with Crippen LogP contribution in [0.5, 0.6) is 11.8 Å². The van der Waals surface area contributed by atoms with Crippen LogP contribution in [0.1, 0.15) is 19.8 Å². The molecule has 1 fully saturated rings. The third kappa shape index (κ3) is 3.16. The summed E-state index contributed by atoms with van der Waals surface area (Å²) in [6.07, 6.45) is 1.58. The van der Waals surface area contributed by atoms with E-state index in [1.54, 1.807) is 6.07 Å². The lowest BCUT2D eigenvalue weighted by Crippen LogP contribution is -2.43. The van der Waals surface area contributed by atoms with E-state index in [2.05, 4.69) is 20.6 Å². The molecular weight excluding hydrogens is 260 g/mol. The Kier molecular flexibility index (Phi) is 4.39. The molecule has 2 N–H and O–H groups in total. The number of nitrogens with zero attached hydrogens (tertiary/aromatic N) is 2. The number of carbonyl (C=O) groups excluding carboxylic acids is 1. The van der Waals surface area contributed by atoms with Crippen LogP contribution in [-0.4, -0.2) is 43.2 Å². The highest BCUT2D eigenvalue weighted by molar-refractivity contribution is 5.93. The molecule has 0 aliphatic carbocycles. The minimum atomic E-state index is -0.398. The van der Waals surface area contributed by atoms with Crippen molar-refractivity contribution in [2.24, 2.45) is 5.41 Å². The van der Waals surface area contributed by atoms with Crippen molar-refractivity contribution in [2.75, 3.05) is 32.6 Å². The third-order valence-corrected chi connectivity index (χ3v) is 3.58. The predicted molar refractivity (Wildman–Crippen MR) is 74.0 cm³/mol. The van der Waals surface area contributed by atoms with Gasteiger partial charge < -0.3 is 14.8 Å². The SMILES string of the molecule is COc1cc(OC)nc(NC(=O)C2(C)CCNCC2)n1. The van der Waals surface area contributed by atoms with Gasteiger partial charge in [-0.15, -0.1) is 0 Å². The van der Waals surface area contributed by atoms with Gasteiger partial charge in [0.1, 0.15) is 0 Å². The summed E-state index contributed by atoms with van der Waals surface area (Å²) < 4.78 is 10.1. The summed E-state index contributed by atoms with van der Waals surface area (Å²) in [4.78, 5) is 20.6. The molecule has 0 spiro atoms. The van der Waals surface area contributed by atoms with Gasteiger partial charge in [0.25, 0.3) is 0 Å². The summed E-state index contributed by atoms with van der Waals surface area (Å²) in [5, 5.41) is 6.00. The number of carbonyl (C=O) groups is 1. The van der Waals surface area contributed by atoms with Gasteiger partial charge in [-0.3, -0.25) is 10.1 Å². The van der Waals surface area contributed by atoms with Gasteiger partial charge >= 0.3 is 0 Å². The summed E-state index contributed by atoms with van der Waals surface area (Å²) in [6, 6.07) is 1.56. The van der Waals surface area contributed by atoms with Crippen molar-refractivity contribution in [1.82, 2.24) is 15.3 Å². The molecule has 7 heteroatoms. The molecule has 0 aromatic carbocycles. The maximum absolute atomic E-state index is 12.4. The standard InChI is InChI=1S/C13H20N4O3/c1-13(4-6-14-7-5-13)11(18)17-12-15-9(19-2)8-10(16-12)20-3/h8,14H,4-7H2,1-3H3,(H,15,16,17,18). The van der Waals surface area contributed by atoms with E-state index in [9.17, 15) is 4.79 Å². The second kappa shape index (κ2) is 6.04. The molecule has 2 heterocycles. The molecule has 1 saturated heterocycles. The van der Waals surface area contributed by atoms with Crippen molar-refractivity contribution in [1.29, 1.82) is 0 Å². The van der Waals surface area contributed by atoms with E-state index in [1.807, 2.05) is 6.92 Å². The molecule has 1 aliphatic rings. The number of piperidine rings is 1. The summed E-state index contributed by atoms with van der Waals surface area (Å²) in [6.45, 7) is 3.64. The predicted octanol–water partition coefficient (Wildman–Crippen LogP) is 0.822. The first kappa shape index (κ1) is 14.5. The molecular formula is C13H20N4O3. The van der Waals surface area contributed by atoms with E-state index in [-0.39, 0.29) is 11.9 Å². The zero-order valence-electron chi connectivity index (χ0n) is 12.0. The number of ether oxygens (including phenoxy) is 2. The highest BCUT2D eigenvalue weighted by atomic mass is 16.5. The van der Waals surface area contributed by atoms with Gasteiger partial charge in [-0.25, -0.2) is 0 Å². The van der Waals surface area contributed by atoms with Crippen LogP contribution in [-0.2, 0) is 4.79 Å². The minimum absolute atomic E-state index is 0.0747. The second-order valence-corrected chi connectivity index (χ2v) is 5.04. The zero-order chi connectivity index (χ0) is 14.6. The summed E-state index contributed by atoms with van der Waals surface area (Å²) in [5.74, 6) is 0.825. The van der Waals surface area contributed by atoms with Gasteiger partial charge in [-0.1, -0.05) is 6.92 Å². The van der Waals surface area contributed by atoms with Gasteiger partial charge in [0.05, 0.1) is 20.3 Å². The highest BCUT2D eigenvalue weighted by Gasteiger charge is 2.35. The number of rotatable bonds is 4. The molecule has 0 saturated carbocycles. The fourth-order valence-corrected chi connectivity index (χ4v) is 2.13. The lowest BCUT2D eigenvalue weighted by Gasteiger charge is -2.32. The number of aromatic nitrogens is 2. The number of hydrogen-bond donors (Lipinski definition) is 2. The Morgan fingerprint density at radius 1 is 1.25 bits per heavy atom. The van der Waals surface area contributed by atoms with Crippen LogP contribution in [0.15, 0.2) is 6.07 Å². The molecule has 0 atom stereocenters. The summed E-state index contributed by atoms with van der Waals surface area (Å²) in [5.41, 5.74) is -0.398. The number of nitrogens with one attached hydrogen (secondary N) is 2. The Balaban J connectivity index is 2.14. The number of anilines is 1. The Labute approximate surface area is 118 Å². The number of methoxy groups -OCH3 is 2. The molecule has 0 unspecified atom stereocenters. The van der Waals surface area contributed by atoms with E-state index in [0.29, 0.717) is 11.8 Å². The topological polar surface area (TPSA) is 85.4 Å². The van der Waals surface area contributed by atoms with E-state index in [1.165, 1.54) is 14.2 Å². The Morgan fingerprint density at radius 3 is 2.30 bits per heavy atom. The van der Waals surface area contributed by atoms with Crippen LogP contribution >= 0.6 is 0 Å². The van der Waals surface area contributed by atoms with E-state index < -0.39 is 5.41 Å². The van der Waals surface area contributed by atoms with E-state index >= 15 is 0 Å². The minimum Gasteiger partial charge on any atom is -0.481 e. The monoisotopic (exact) mass is 280 g/mol. The first-order chi connectivity index (χ1) is 9.57. The third-order valence-electron chi connectivity index (χ3n) is 3.58. The van der Waals surface area contributed by atoms with Crippen LogP contribution in [0.2, 0.25) is 0 Å². The maximum atomic E-state index is 12.4. The lowest BCUT2D eigenvalue weighted by atomic mass is 9.80. The largest absolute Gasteiger partial charge is 0.481 e. The van der Waals surface area contributed by atoms with Gasteiger partial charge in [0.2, 0.25) is 23.6 Å². The maximum Gasteiger partial charge on any atom is 0.236 e. The van der Waals surface area contributed by atoms with E-state index in [0.717, 1.165) is 25.9 Å². The van der Waals surface area contributed by atoms with Crippen molar-refractivity contribution in [3.63, 3.8) is 0 Å². The average molecular weight is 280 g/mol. The van der Waals surface area contributed by atoms with E-state index in [4.69, 9.17) is 9.47 Å².